The highest BCUT2D eigenvalue weighted by molar-refractivity contribution is 5.89. The fraction of sp³-hybridized carbons (Fsp3) is 0.391. The van der Waals surface area contributed by atoms with Crippen molar-refractivity contribution in [3.05, 3.63) is 71.0 Å². The summed E-state index contributed by atoms with van der Waals surface area (Å²) < 4.78 is 18.0. The number of amides is 2. The summed E-state index contributed by atoms with van der Waals surface area (Å²) in [5, 5.41) is 2.88. The Morgan fingerprint density at radius 3 is 2.33 bits per heavy atom. The van der Waals surface area contributed by atoms with E-state index in [4.69, 9.17) is 4.74 Å². The first kappa shape index (κ1) is 21.8. The zero-order valence-electron chi connectivity index (χ0n) is 17.6. The molecule has 1 aliphatic rings. The molecule has 0 aliphatic carbocycles. The molecule has 0 saturated carbocycles. The molecule has 0 aromatic heterocycles. The summed E-state index contributed by atoms with van der Waals surface area (Å²) in [4.78, 5) is 28.3. The fourth-order valence-corrected chi connectivity index (χ4v) is 3.85. The number of halogens is 1. The number of nitrogens with one attached hydrogen (secondary N) is 1. The molecular formula is C23H28FN3O3. The second kappa shape index (κ2) is 9.71. The van der Waals surface area contributed by atoms with Crippen LogP contribution in [0.3, 0.4) is 0 Å². The first-order valence-electron chi connectivity index (χ1n) is 10.1. The summed E-state index contributed by atoms with van der Waals surface area (Å²) in [6.45, 7) is 6.46. The monoisotopic (exact) mass is 413 g/mol. The molecule has 2 amide bonds. The molecule has 1 aliphatic heterocycles. The first-order chi connectivity index (χ1) is 14.4. The third-order valence-electron chi connectivity index (χ3n) is 5.46. The van der Waals surface area contributed by atoms with Crippen LogP contribution in [0.4, 0.5) is 9.18 Å². The van der Waals surface area contributed by atoms with Crippen LogP contribution in [0, 0.1) is 5.82 Å². The molecule has 0 radical (unpaired) electrons. The summed E-state index contributed by atoms with van der Waals surface area (Å²) >= 11 is 0. The Balaban J connectivity index is 1.55. The van der Waals surface area contributed by atoms with Gasteiger partial charge in [-0.1, -0.05) is 24.3 Å². The van der Waals surface area contributed by atoms with E-state index in [1.165, 1.54) is 19.2 Å². The lowest BCUT2D eigenvalue weighted by atomic mass is 10.1. The Morgan fingerprint density at radius 2 is 1.73 bits per heavy atom. The number of piperazine rings is 1. The number of methoxy groups -OCH3 is 1. The minimum Gasteiger partial charge on any atom is -0.465 e. The smallest absolute Gasteiger partial charge is 0.337 e. The third kappa shape index (κ3) is 5.36. The van der Waals surface area contributed by atoms with Crippen LogP contribution < -0.4 is 5.32 Å². The van der Waals surface area contributed by atoms with E-state index in [2.05, 4.69) is 24.1 Å². The van der Waals surface area contributed by atoms with E-state index in [-0.39, 0.29) is 29.9 Å². The highest BCUT2D eigenvalue weighted by Gasteiger charge is 2.31. The van der Waals surface area contributed by atoms with Crippen molar-refractivity contribution in [2.24, 2.45) is 0 Å². The number of nitrogens with zero attached hydrogens (tertiary/aromatic N) is 2. The average molecular weight is 413 g/mol. The van der Waals surface area contributed by atoms with Crippen molar-refractivity contribution in [1.82, 2.24) is 15.1 Å². The molecule has 1 heterocycles. The van der Waals surface area contributed by atoms with Crippen molar-refractivity contribution in [1.29, 1.82) is 0 Å². The number of carbonyl (C=O) groups excluding carboxylic acids is 2. The maximum absolute atomic E-state index is 13.3. The summed E-state index contributed by atoms with van der Waals surface area (Å²) in [5.74, 6) is -0.654. The summed E-state index contributed by atoms with van der Waals surface area (Å²) in [7, 11) is 1.37. The van der Waals surface area contributed by atoms with Crippen molar-refractivity contribution in [2.75, 3.05) is 20.2 Å². The van der Waals surface area contributed by atoms with Crippen LogP contribution in [0.1, 0.15) is 35.3 Å². The van der Waals surface area contributed by atoms with Crippen molar-refractivity contribution in [3.8, 4) is 0 Å². The normalized spacial score (nSPS) is 19.4. The number of esters is 1. The number of rotatable bonds is 5. The molecule has 7 heteroatoms. The lowest BCUT2D eigenvalue weighted by Crippen LogP contribution is -2.59. The molecule has 1 N–H and O–H groups in total. The number of urea groups is 1. The average Bonchev–Trinajstić information content (AvgIpc) is 2.74. The van der Waals surface area contributed by atoms with Gasteiger partial charge >= 0.3 is 12.0 Å². The topological polar surface area (TPSA) is 61.9 Å². The lowest BCUT2D eigenvalue weighted by molar-refractivity contribution is 0.0491. The van der Waals surface area contributed by atoms with Gasteiger partial charge in [-0.05, 0) is 49.2 Å². The standard InChI is InChI=1S/C23H28FN3O3/c1-16-13-26(23(29)25-12-19-5-4-6-21(24)11-19)14-17(2)27(16)15-18-7-9-20(10-8-18)22(28)30-3/h4-11,16-17H,12-15H2,1-3H3,(H,25,29)/t16-,17+. The Labute approximate surface area is 176 Å². The van der Waals surface area contributed by atoms with Gasteiger partial charge in [-0.3, -0.25) is 4.90 Å². The SMILES string of the molecule is COC(=O)c1ccc(CN2[C@H](C)CN(C(=O)NCc3cccc(F)c3)C[C@@H]2C)cc1. The number of carbonyl (C=O) groups is 2. The van der Waals surface area contributed by atoms with Crippen LogP contribution >= 0.6 is 0 Å². The maximum atomic E-state index is 13.3. The quantitative estimate of drug-likeness (QED) is 0.763. The molecule has 0 bridgehead atoms. The fourth-order valence-electron chi connectivity index (χ4n) is 3.85. The van der Waals surface area contributed by atoms with Crippen LogP contribution in [-0.2, 0) is 17.8 Å². The summed E-state index contributed by atoms with van der Waals surface area (Å²) in [5.41, 5.74) is 2.37. The van der Waals surface area contributed by atoms with Crippen molar-refractivity contribution in [2.45, 2.75) is 39.0 Å². The van der Waals surface area contributed by atoms with Crippen LogP contribution in [0.25, 0.3) is 0 Å². The minimum absolute atomic E-state index is 0.139. The molecular weight excluding hydrogens is 385 g/mol. The number of hydrogen-bond acceptors (Lipinski definition) is 4. The van der Waals surface area contributed by atoms with Crippen LogP contribution in [0.5, 0.6) is 0 Å². The van der Waals surface area contributed by atoms with E-state index in [1.807, 2.05) is 17.0 Å². The van der Waals surface area contributed by atoms with E-state index < -0.39 is 0 Å². The third-order valence-corrected chi connectivity index (χ3v) is 5.46. The van der Waals surface area contributed by atoms with Crippen molar-refractivity contribution in [3.63, 3.8) is 0 Å². The molecule has 3 rings (SSSR count). The van der Waals surface area contributed by atoms with Gasteiger partial charge in [0.15, 0.2) is 0 Å². The van der Waals surface area contributed by atoms with Crippen LogP contribution in [0.15, 0.2) is 48.5 Å². The van der Waals surface area contributed by atoms with Gasteiger partial charge in [0.2, 0.25) is 0 Å². The maximum Gasteiger partial charge on any atom is 0.337 e. The lowest BCUT2D eigenvalue weighted by Gasteiger charge is -2.44. The van der Waals surface area contributed by atoms with E-state index >= 15 is 0 Å². The Hall–Kier alpha value is -2.93. The van der Waals surface area contributed by atoms with Crippen LogP contribution in [-0.4, -0.2) is 54.1 Å². The number of benzene rings is 2. The van der Waals surface area contributed by atoms with Gasteiger partial charge in [-0.15, -0.1) is 0 Å². The highest BCUT2D eigenvalue weighted by Crippen LogP contribution is 2.20. The van der Waals surface area contributed by atoms with E-state index in [0.717, 1.165) is 17.7 Å². The Morgan fingerprint density at radius 1 is 1.07 bits per heavy atom. The van der Waals surface area contributed by atoms with Gasteiger partial charge in [0.1, 0.15) is 5.82 Å². The molecule has 0 spiro atoms. The van der Waals surface area contributed by atoms with E-state index in [1.54, 1.807) is 24.3 Å². The zero-order valence-corrected chi connectivity index (χ0v) is 17.6. The van der Waals surface area contributed by atoms with Gasteiger partial charge in [0.25, 0.3) is 0 Å². The molecule has 2 aromatic carbocycles. The van der Waals surface area contributed by atoms with Gasteiger partial charge in [-0.2, -0.15) is 0 Å². The molecule has 1 fully saturated rings. The van der Waals surface area contributed by atoms with E-state index in [0.29, 0.717) is 25.2 Å². The molecule has 2 atom stereocenters. The Bertz CT molecular complexity index is 876. The Kier molecular flexibility index (Phi) is 7.05. The minimum atomic E-state index is -0.346. The molecule has 0 unspecified atom stereocenters. The second-order valence-electron chi connectivity index (χ2n) is 7.75. The van der Waals surface area contributed by atoms with Crippen LogP contribution in [0.2, 0.25) is 0 Å². The second-order valence-corrected chi connectivity index (χ2v) is 7.75. The largest absolute Gasteiger partial charge is 0.465 e. The number of ether oxygens (including phenoxy) is 1. The molecule has 2 aromatic rings. The van der Waals surface area contributed by atoms with Crippen molar-refractivity contribution >= 4 is 12.0 Å². The highest BCUT2D eigenvalue weighted by atomic mass is 19.1. The molecule has 30 heavy (non-hydrogen) atoms. The molecule has 1 saturated heterocycles. The van der Waals surface area contributed by atoms with Gasteiger partial charge in [-0.25, -0.2) is 14.0 Å². The van der Waals surface area contributed by atoms with Gasteiger partial charge in [0.05, 0.1) is 12.7 Å². The molecule has 6 nitrogen and oxygen atoms in total. The summed E-state index contributed by atoms with van der Waals surface area (Å²) in [6.07, 6.45) is 0. The number of hydrogen-bond donors (Lipinski definition) is 1. The summed E-state index contributed by atoms with van der Waals surface area (Å²) in [6, 6.07) is 13.9. The van der Waals surface area contributed by atoms with E-state index in [9.17, 15) is 14.0 Å². The molecule has 160 valence electrons. The predicted octanol–water partition coefficient (Wildman–Crippen LogP) is 3.42. The zero-order chi connectivity index (χ0) is 21.7. The van der Waals surface area contributed by atoms with Gasteiger partial charge in [0, 0.05) is 38.3 Å². The first-order valence-corrected chi connectivity index (χ1v) is 10.1. The van der Waals surface area contributed by atoms with Crippen molar-refractivity contribution < 1.29 is 18.7 Å². The van der Waals surface area contributed by atoms with Gasteiger partial charge < -0.3 is 15.0 Å². The predicted molar refractivity (Wildman–Crippen MR) is 112 cm³/mol.